The number of carbonyl (C=O) groups excluding carboxylic acids is 3. The molecule has 0 saturated carbocycles. The number of nitrogens with two attached hydrogens (primary N) is 1. The molecule has 0 fully saturated rings. The predicted molar refractivity (Wildman–Crippen MR) is 193 cm³/mol. The van der Waals surface area contributed by atoms with E-state index in [4.69, 9.17) is 15.2 Å². The number of ether oxygens (including phenoxy) is 2. The Bertz CT molecular complexity index is 1160. The van der Waals surface area contributed by atoms with E-state index in [1.165, 1.54) is 89.9 Å². The van der Waals surface area contributed by atoms with Gasteiger partial charge in [0.1, 0.15) is 5.92 Å². The average Bonchev–Trinajstić information content (AvgIpc) is 3.05. The number of rotatable bonds is 27. The Balaban J connectivity index is 2.01. The van der Waals surface area contributed by atoms with E-state index in [9.17, 15) is 14.4 Å². The van der Waals surface area contributed by atoms with Crippen molar-refractivity contribution in [3.63, 3.8) is 0 Å². The van der Waals surface area contributed by atoms with Gasteiger partial charge in [-0.3, -0.25) is 14.6 Å². The van der Waals surface area contributed by atoms with Crippen molar-refractivity contribution in [2.24, 2.45) is 16.6 Å². The van der Waals surface area contributed by atoms with E-state index in [1.54, 1.807) is 30.0 Å². The first-order valence-corrected chi connectivity index (χ1v) is 19.2. The summed E-state index contributed by atoms with van der Waals surface area (Å²) in [6.07, 6.45) is 27.5. The van der Waals surface area contributed by atoms with E-state index in [-0.39, 0.29) is 6.54 Å². The van der Waals surface area contributed by atoms with Crippen LogP contribution in [0.4, 0.5) is 0 Å². The molecule has 1 amide bonds. The lowest BCUT2D eigenvalue weighted by Gasteiger charge is -2.31. The van der Waals surface area contributed by atoms with Crippen LogP contribution in [0.15, 0.2) is 40.8 Å². The molecule has 8 nitrogen and oxygen atoms in total. The van der Waals surface area contributed by atoms with Gasteiger partial charge in [-0.05, 0) is 32.8 Å². The Morgan fingerprint density at radius 2 is 1.21 bits per heavy atom. The molecular weight excluding hydrogens is 602 g/mol. The van der Waals surface area contributed by atoms with Crippen molar-refractivity contribution in [2.45, 2.75) is 169 Å². The van der Waals surface area contributed by atoms with Crippen molar-refractivity contribution in [3.05, 3.63) is 41.4 Å². The summed E-state index contributed by atoms with van der Waals surface area (Å²) in [5.41, 5.74) is 7.68. The maximum absolute atomic E-state index is 13.7. The van der Waals surface area contributed by atoms with Crippen LogP contribution in [0.5, 0.6) is 0 Å². The number of esters is 2. The second kappa shape index (κ2) is 25.0. The Morgan fingerprint density at radius 3 is 1.71 bits per heavy atom. The summed E-state index contributed by atoms with van der Waals surface area (Å²) in [5, 5.41) is 0. The smallest absolute Gasteiger partial charge is 0.336 e. The molecule has 2 rings (SSSR count). The number of carbonyl (C=O) groups is 3. The Hall–Kier alpha value is -3.03. The van der Waals surface area contributed by atoms with Crippen LogP contribution in [0.25, 0.3) is 0 Å². The molecule has 1 aromatic heterocycles. The van der Waals surface area contributed by atoms with Gasteiger partial charge in [0, 0.05) is 29.0 Å². The molecule has 1 aromatic rings. The summed E-state index contributed by atoms with van der Waals surface area (Å²) < 4.78 is 13.3. The molecule has 2 heterocycles. The van der Waals surface area contributed by atoms with Crippen molar-refractivity contribution < 1.29 is 28.4 Å². The van der Waals surface area contributed by atoms with Crippen molar-refractivity contribution in [1.29, 1.82) is 0 Å². The number of aromatic nitrogens is 1. The maximum atomic E-state index is 13.7. The quantitative estimate of drug-likeness (QED) is 0.0572. The number of nitrogens with zero attached hydrogens (tertiary/aromatic N) is 2. The van der Waals surface area contributed by atoms with E-state index in [0.29, 0.717) is 35.8 Å². The fourth-order valence-corrected chi connectivity index (χ4v) is 6.66. The zero-order valence-electron chi connectivity index (χ0n) is 30.7. The number of pyridine rings is 1. The highest BCUT2D eigenvalue weighted by Crippen LogP contribution is 2.40. The number of primary amides is 1. The minimum Gasteiger partial charge on any atom is -0.465 e. The second-order valence-electron chi connectivity index (χ2n) is 13.7. The molecular formula is C40H66N3O5+. The van der Waals surface area contributed by atoms with Gasteiger partial charge in [-0.25, -0.2) is 4.79 Å². The first-order valence-electron chi connectivity index (χ1n) is 19.2. The van der Waals surface area contributed by atoms with Gasteiger partial charge in [-0.1, -0.05) is 129 Å². The highest BCUT2D eigenvalue weighted by Gasteiger charge is 2.43. The van der Waals surface area contributed by atoms with Crippen molar-refractivity contribution in [1.82, 2.24) is 0 Å². The second-order valence-corrected chi connectivity index (χ2v) is 13.7. The molecule has 2 unspecified atom stereocenters. The minimum absolute atomic E-state index is 0.0112. The third-order valence-corrected chi connectivity index (χ3v) is 9.35. The molecule has 0 aliphatic carbocycles. The lowest BCUT2D eigenvalue weighted by atomic mass is 9.76. The summed E-state index contributed by atoms with van der Waals surface area (Å²) >= 11 is 0. The van der Waals surface area contributed by atoms with E-state index in [1.807, 2.05) is 13.0 Å². The van der Waals surface area contributed by atoms with Gasteiger partial charge in [0.25, 0.3) is 5.91 Å². The van der Waals surface area contributed by atoms with Crippen LogP contribution in [0.1, 0.15) is 168 Å². The maximum Gasteiger partial charge on any atom is 0.336 e. The SMILES string of the molecule is CCCCCCCCCCCCOC(=O)C1=C(C)N=C(C)C(C(=O)OCCCCCCCCCCCC)C1c1ccc[n+](CC(N)=O)c1. The molecule has 270 valence electrons. The first kappa shape index (κ1) is 41.1. The van der Waals surface area contributed by atoms with Crippen LogP contribution in [-0.4, -0.2) is 36.8 Å². The largest absolute Gasteiger partial charge is 0.465 e. The monoisotopic (exact) mass is 668 g/mol. The van der Waals surface area contributed by atoms with E-state index in [2.05, 4.69) is 18.8 Å². The normalized spacial score (nSPS) is 16.1. The number of hydrogen-bond acceptors (Lipinski definition) is 6. The number of allylic oxidation sites excluding steroid dienone is 1. The van der Waals surface area contributed by atoms with Crippen LogP contribution in [0, 0.1) is 5.92 Å². The Morgan fingerprint density at radius 1 is 0.729 bits per heavy atom. The third-order valence-electron chi connectivity index (χ3n) is 9.35. The number of unbranched alkanes of at least 4 members (excludes halogenated alkanes) is 18. The summed E-state index contributed by atoms with van der Waals surface area (Å²) in [5.74, 6) is -2.75. The summed E-state index contributed by atoms with van der Waals surface area (Å²) in [7, 11) is 0. The topological polar surface area (TPSA) is 112 Å². The zero-order chi connectivity index (χ0) is 35.0. The number of aliphatic imine (C=N–C) groups is 1. The molecule has 1 aliphatic heterocycles. The van der Waals surface area contributed by atoms with Gasteiger partial charge in [0.15, 0.2) is 12.4 Å². The van der Waals surface area contributed by atoms with Crippen molar-refractivity contribution >= 4 is 23.6 Å². The molecule has 0 saturated heterocycles. The first-order chi connectivity index (χ1) is 23.3. The van der Waals surface area contributed by atoms with E-state index in [0.717, 1.165) is 38.5 Å². The van der Waals surface area contributed by atoms with Crippen LogP contribution >= 0.6 is 0 Å². The fraction of sp³-hybridized carbons (Fsp3) is 0.725. The van der Waals surface area contributed by atoms with E-state index < -0.39 is 29.7 Å². The third kappa shape index (κ3) is 15.9. The lowest BCUT2D eigenvalue weighted by molar-refractivity contribution is -0.684. The molecule has 0 bridgehead atoms. The zero-order valence-corrected chi connectivity index (χ0v) is 30.7. The molecule has 0 radical (unpaired) electrons. The van der Waals surface area contributed by atoms with Gasteiger partial charge in [0.05, 0.1) is 18.8 Å². The van der Waals surface area contributed by atoms with Gasteiger partial charge < -0.3 is 15.2 Å². The Kier molecular flexibility index (Phi) is 21.4. The van der Waals surface area contributed by atoms with E-state index >= 15 is 0 Å². The average molecular weight is 669 g/mol. The molecule has 2 N–H and O–H groups in total. The molecule has 1 aliphatic rings. The summed E-state index contributed by atoms with van der Waals surface area (Å²) in [6, 6.07) is 3.67. The molecule has 2 atom stereocenters. The van der Waals surface area contributed by atoms with Gasteiger partial charge >= 0.3 is 11.9 Å². The Labute approximate surface area is 291 Å². The minimum atomic E-state index is -0.777. The predicted octanol–water partition coefficient (Wildman–Crippen LogP) is 8.84. The highest BCUT2D eigenvalue weighted by molar-refractivity contribution is 6.07. The van der Waals surface area contributed by atoms with Crippen LogP contribution in [0.3, 0.4) is 0 Å². The molecule has 0 spiro atoms. The number of hydrogen-bond donors (Lipinski definition) is 1. The summed E-state index contributed by atoms with van der Waals surface area (Å²) in [4.78, 5) is 43.7. The van der Waals surface area contributed by atoms with Gasteiger partial charge in [-0.15, -0.1) is 0 Å². The summed E-state index contributed by atoms with van der Waals surface area (Å²) in [6.45, 7) is 8.74. The van der Waals surface area contributed by atoms with Crippen molar-refractivity contribution in [3.8, 4) is 0 Å². The van der Waals surface area contributed by atoms with Crippen LogP contribution in [0.2, 0.25) is 0 Å². The van der Waals surface area contributed by atoms with Crippen molar-refractivity contribution in [2.75, 3.05) is 13.2 Å². The highest BCUT2D eigenvalue weighted by atomic mass is 16.5. The van der Waals surface area contributed by atoms with Gasteiger partial charge in [-0.2, -0.15) is 4.57 Å². The molecule has 48 heavy (non-hydrogen) atoms. The van der Waals surface area contributed by atoms with Crippen LogP contribution < -0.4 is 10.3 Å². The fourth-order valence-electron chi connectivity index (χ4n) is 6.66. The molecule has 0 aromatic carbocycles. The van der Waals surface area contributed by atoms with Crippen LogP contribution in [-0.2, 0) is 30.4 Å². The van der Waals surface area contributed by atoms with Gasteiger partial charge in [0.2, 0.25) is 6.54 Å². The standard InChI is InChI=1S/C40H65N3O5/c1-5-7-9-11-13-15-17-19-21-23-28-47-39(45)36-32(3)42-33(4)37(38(36)34-26-25-27-43(30-34)31-35(41)44)40(46)48-29-24-22-20-18-16-14-12-10-8-6-2/h25-27,30,36,38H,5-24,28-29,31H2,1-4H3,(H-,41,44)/p+1. The lowest BCUT2D eigenvalue weighted by Crippen LogP contribution is -2.42. The molecule has 8 heteroatoms. The number of amides is 1.